The number of aromatic carboxylic acids is 1. The molecule has 1 aromatic rings. The Kier molecular flexibility index (Phi) is 5.74. The summed E-state index contributed by atoms with van der Waals surface area (Å²) in [6, 6.07) is 6.24. The third-order valence-corrected chi connectivity index (χ3v) is 2.42. The van der Waals surface area contributed by atoms with E-state index < -0.39 is 5.97 Å². The summed E-state index contributed by atoms with van der Waals surface area (Å²) in [5, 5.41) is 17.6. The highest BCUT2D eigenvalue weighted by atomic mass is 32.1. The molecule has 0 radical (unpaired) electrons. The van der Waals surface area contributed by atoms with Gasteiger partial charge in [-0.2, -0.15) is 0 Å². The van der Waals surface area contributed by atoms with Crippen molar-refractivity contribution in [2.75, 3.05) is 18.4 Å². The van der Waals surface area contributed by atoms with Crippen LogP contribution in [-0.4, -0.2) is 35.2 Å². The van der Waals surface area contributed by atoms with E-state index in [1.165, 1.54) is 19.1 Å². The van der Waals surface area contributed by atoms with Crippen LogP contribution in [0.25, 0.3) is 0 Å². The van der Waals surface area contributed by atoms with Gasteiger partial charge >= 0.3 is 5.97 Å². The van der Waals surface area contributed by atoms with Crippen LogP contribution in [0.5, 0.6) is 0 Å². The van der Waals surface area contributed by atoms with Gasteiger partial charge < -0.3 is 21.1 Å². The summed E-state index contributed by atoms with van der Waals surface area (Å²) in [6.45, 7) is 2.44. The molecule has 0 spiro atoms. The average molecular weight is 281 g/mol. The number of nitrogens with one attached hydrogen (secondary N) is 3. The summed E-state index contributed by atoms with van der Waals surface area (Å²) in [6.07, 6.45) is 0. The number of hydrogen-bond donors (Lipinski definition) is 4. The Balaban J connectivity index is 2.35. The van der Waals surface area contributed by atoms with Gasteiger partial charge in [0.25, 0.3) is 0 Å². The van der Waals surface area contributed by atoms with E-state index >= 15 is 0 Å². The van der Waals surface area contributed by atoms with E-state index in [0.29, 0.717) is 23.9 Å². The highest BCUT2D eigenvalue weighted by Crippen LogP contribution is 2.09. The van der Waals surface area contributed by atoms with Gasteiger partial charge in [0.05, 0.1) is 5.56 Å². The van der Waals surface area contributed by atoms with E-state index in [4.69, 9.17) is 17.3 Å². The molecule has 6 nitrogen and oxygen atoms in total. The summed E-state index contributed by atoms with van der Waals surface area (Å²) in [7, 11) is 0. The third kappa shape index (κ3) is 5.82. The first-order valence-electron chi connectivity index (χ1n) is 5.61. The van der Waals surface area contributed by atoms with Crippen molar-refractivity contribution in [2.45, 2.75) is 6.92 Å². The summed E-state index contributed by atoms with van der Waals surface area (Å²) < 4.78 is 0. The van der Waals surface area contributed by atoms with Gasteiger partial charge in [0.1, 0.15) is 0 Å². The Labute approximate surface area is 116 Å². The largest absolute Gasteiger partial charge is 0.478 e. The van der Waals surface area contributed by atoms with Crippen LogP contribution in [0.2, 0.25) is 0 Å². The lowest BCUT2D eigenvalue weighted by Crippen LogP contribution is -2.35. The number of hydrogen-bond acceptors (Lipinski definition) is 3. The van der Waals surface area contributed by atoms with Gasteiger partial charge in [-0.25, -0.2) is 4.79 Å². The molecule has 1 amide bonds. The fourth-order valence-electron chi connectivity index (χ4n) is 1.29. The van der Waals surface area contributed by atoms with Crippen molar-refractivity contribution in [3.05, 3.63) is 29.8 Å². The molecule has 0 aromatic heterocycles. The van der Waals surface area contributed by atoms with Gasteiger partial charge in [0, 0.05) is 25.7 Å². The maximum absolute atomic E-state index is 10.7. The van der Waals surface area contributed by atoms with Crippen LogP contribution in [0.3, 0.4) is 0 Å². The summed E-state index contributed by atoms with van der Waals surface area (Å²) >= 11 is 5.05. The molecule has 19 heavy (non-hydrogen) atoms. The van der Waals surface area contributed by atoms with Crippen LogP contribution in [-0.2, 0) is 4.79 Å². The van der Waals surface area contributed by atoms with E-state index in [2.05, 4.69) is 16.0 Å². The Morgan fingerprint density at radius 3 is 2.26 bits per heavy atom. The monoisotopic (exact) mass is 281 g/mol. The second-order valence-electron chi connectivity index (χ2n) is 3.75. The van der Waals surface area contributed by atoms with E-state index in [9.17, 15) is 9.59 Å². The Bertz CT molecular complexity index is 474. The average Bonchev–Trinajstić information content (AvgIpc) is 2.35. The number of benzene rings is 1. The van der Waals surface area contributed by atoms with Crippen molar-refractivity contribution in [1.29, 1.82) is 0 Å². The van der Waals surface area contributed by atoms with Crippen molar-refractivity contribution in [3.8, 4) is 0 Å². The minimum Gasteiger partial charge on any atom is -0.478 e. The number of carboxylic acids is 1. The molecule has 0 aliphatic rings. The van der Waals surface area contributed by atoms with Crippen molar-refractivity contribution < 1.29 is 14.7 Å². The van der Waals surface area contributed by atoms with Gasteiger partial charge in [0.2, 0.25) is 5.91 Å². The topological polar surface area (TPSA) is 90.5 Å². The maximum Gasteiger partial charge on any atom is 0.335 e. The normalized spacial score (nSPS) is 9.53. The zero-order valence-electron chi connectivity index (χ0n) is 10.4. The third-order valence-electron chi connectivity index (χ3n) is 2.17. The van der Waals surface area contributed by atoms with Crippen molar-refractivity contribution >= 4 is 34.9 Å². The molecule has 0 fully saturated rings. The molecule has 4 N–H and O–H groups in total. The number of carbonyl (C=O) groups excluding carboxylic acids is 1. The van der Waals surface area contributed by atoms with Crippen molar-refractivity contribution in [2.24, 2.45) is 0 Å². The zero-order chi connectivity index (χ0) is 14.3. The first kappa shape index (κ1) is 14.9. The standard InChI is InChI=1S/C12H15N3O3S/c1-8(16)13-6-7-14-12(19)15-10-4-2-9(3-5-10)11(17)18/h2-5H,6-7H2,1H3,(H,13,16)(H,17,18)(H2,14,15,19). The van der Waals surface area contributed by atoms with Gasteiger partial charge in [0.15, 0.2) is 5.11 Å². The highest BCUT2D eigenvalue weighted by molar-refractivity contribution is 7.80. The predicted octanol–water partition coefficient (Wildman–Crippen LogP) is 0.807. The molecular formula is C12H15N3O3S. The molecule has 0 saturated heterocycles. The van der Waals surface area contributed by atoms with E-state index in [1.54, 1.807) is 12.1 Å². The lowest BCUT2D eigenvalue weighted by atomic mass is 10.2. The van der Waals surface area contributed by atoms with Gasteiger partial charge in [-0.05, 0) is 36.5 Å². The number of carboxylic acid groups (broad SMARTS) is 1. The van der Waals surface area contributed by atoms with E-state index in [-0.39, 0.29) is 11.5 Å². The fraction of sp³-hybridized carbons (Fsp3) is 0.250. The van der Waals surface area contributed by atoms with Crippen molar-refractivity contribution in [3.63, 3.8) is 0 Å². The molecular weight excluding hydrogens is 266 g/mol. The van der Waals surface area contributed by atoms with Crippen LogP contribution in [0, 0.1) is 0 Å². The molecule has 0 unspecified atom stereocenters. The molecule has 0 bridgehead atoms. The quantitative estimate of drug-likeness (QED) is 0.471. The highest BCUT2D eigenvalue weighted by Gasteiger charge is 2.02. The SMILES string of the molecule is CC(=O)NCCNC(=S)Nc1ccc(C(=O)O)cc1. The number of rotatable bonds is 5. The fourth-order valence-corrected chi connectivity index (χ4v) is 1.51. The first-order chi connectivity index (χ1) is 8.99. The smallest absolute Gasteiger partial charge is 0.335 e. The van der Waals surface area contributed by atoms with Crippen LogP contribution < -0.4 is 16.0 Å². The molecule has 1 aromatic carbocycles. The summed E-state index contributed by atoms with van der Waals surface area (Å²) in [4.78, 5) is 21.3. The number of anilines is 1. The molecule has 1 rings (SSSR count). The van der Waals surface area contributed by atoms with E-state index in [1.807, 2.05) is 0 Å². The second-order valence-corrected chi connectivity index (χ2v) is 4.15. The summed E-state index contributed by atoms with van der Waals surface area (Å²) in [5.74, 6) is -1.06. The molecule has 7 heteroatoms. The number of amides is 1. The first-order valence-corrected chi connectivity index (χ1v) is 6.02. The van der Waals surface area contributed by atoms with Crippen molar-refractivity contribution in [1.82, 2.24) is 10.6 Å². The Hall–Kier alpha value is -2.15. The van der Waals surface area contributed by atoms with Gasteiger partial charge in [-0.3, -0.25) is 4.79 Å². The molecule has 0 heterocycles. The lowest BCUT2D eigenvalue weighted by Gasteiger charge is -2.10. The van der Waals surface area contributed by atoms with Crippen LogP contribution in [0.4, 0.5) is 5.69 Å². The molecule has 0 saturated carbocycles. The Morgan fingerprint density at radius 2 is 1.74 bits per heavy atom. The van der Waals surface area contributed by atoms with Crippen LogP contribution in [0.1, 0.15) is 17.3 Å². The number of carbonyl (C=O) groups is 2. The minimum atomic E-state index is -0.970. The van der Waals surface area contributed by atoms with Crippen LogP contribution in [0.15, 0.2) is 24.3 Å². The second kappa shape index (κ2) is 7.32. The molecule has 102 valence electrons. The minimum absolute atomic E-state index is 0.0927. The maximum atomic E-state index is 10.7. The molecule has 0 atom stereocenters. The summed E-state index contributed by atoms with van der Waals surface area (Å²) in [5.41, 5.74) is 0.914. The zero-order valence-corrected chi connectivity index (χ0v) is 11.2. The lowest BCUT2D eigenvalue weighted by molar-refractivity contribution is -0.118. The Morgan fingerprint density at radius 1 is 1.16 bits per heavy atom. The van der Waals surface area contributed by atoms with E-state index in [0.717, 1.165) is 0 Å². The van der Waals surface area contributed by atoms with Gasteiger partial charge in [-0.15, -0.1) is 0 Å². The number of thiocarbonyl (C=S) groups is 1. The molecule has 0 aliphatic heterocycles. The predicted molar refractivity (Wildman–Crippen MR) is 76.3 cm³/mol. The van der Waals surface area contributed by atoms with Crippen LogP contribution >= 0.6 is 12.2 Å². The van der Waals surface area contributed by atoms with Gasteiger partial charge in [-0.1, -0.05) is 0 Å². The molecule has 0 aliphatic carbocycles.